The number of benzene rings is 1. The van der Waals surface area contributed by atoms with Crippen LogP contribution in [0.3, 0.4) is 0 Å². The highest BCUT2D eigenvalue weighted by atomic mass is 16.5. The molecule has 0 unspecified atom stereocenters. The molecule has 0 amide bonds. The molecule has 1 rings (SSSR count). The van der Waals surface area contributed by atoms with E-state index in [0.29, 0.717) is 18.8 Å². The van der Waals surface area contributed by atoms with Crippen LogP contribution < -0.4 is 4.74 Å². The van der Waals surface area contributed by atoms with Gasteiger partial charge in [-0.3, -0.25) is 9.59 Å². The summed E-state index contributed by atoms with van der Waals surface area (Å²) in [6, 6.07) is 5.53. The summed E-state index contributed by atoms with van der Waals surface area (Å²) in [5.74, 6) is -0.0333. The number of hydrogen-bond donors (Lipinski definition) is 0. The number of hydrogen-bond acceptors (Lipinski definition) is 4. The molecule has 0 heterocycles. The number of aryl methyl sites for hydroxylation is 2. The van der Waals surface area contributed by atoms with E-state index in [-0.39, 0.29) is 24.8 Å². The van der Waals surface area contributed by atoms with Crippen LogP contribution in [0, 0.1) is 13.8 Å². The fourth-order valence-corrected chi connectivity index (χ4v) is 1.63. The van der Waals surface area contributed by atoms with Crippen molar-refractivity contribution in [3.63, 3.8) is 0 Å². The first kappa shape index (κ1) is 16.2. The van der Waals surface area contributed by atoms with Gasteiger partial charge in [-0.2, -0.15) is 0 Å². The molecule has 1 aromatic carbocycles. The second kappa shape index (κ2) is 8.35. The largest absolute Gasteiger partial charge is 0.466 e. The van der Waals surface area contributed by atoms with E-state index in [1.165, 1.54) is 0 Å². The molecule has 0 saturated heterocycles. The van der Waals surface area contributed by atoms with Crippen molar-refractivity contribution in [3.05, 3.63) is 29.3 Å². The summed E-state index contributed by atoms with van der Waals surface area (Å²) < 4.78 is 10.2. The lowest BCUT2D eigenvalue weighted by Crippen LogP contribution is -2.10. The first-order valence-corrected chi connectivity index (χ1v) is 6.96. The Balaban J connectivity index is 2.29. The van der Waals surface area contributed by atoms with Gasteiger partial charge < -0.3 is 9.47 Å². The highest BCUT2D eigenvalue weighted by molar-refractivity contribution is 5.74. The summed E-state index contributed by atoms with van der Waals surface area (Å²) in [6.07, 6.45) is 1.73. The lowest BCUT2D eigenvalue weighted by Gasteiger charge is -2.07. The Hall–Kier alpha value is -1.84. The zero-order valence-electron chi connectivity index (χ0n) is 12.4. The summed E-state index contributed by atoms with van der Waals surface area (Å²) in [6.45, 7) is 6.35. The van der Waals surface area contributed by atoms with Crippen molar-refractivity contribution in [2.24, 2.45) is 0 Å². The predicted molar refractivity (Wildman–Crippen MR) is 76.7 cm³/mol. The summed E-state index contributed by atoms with van der Waals surface area (Å²) in [5, 5.41) is 0. The van der Waals surface area contributed by atoms with Crippen LogP contribution in [0.25, 0.3) is 0 Å². The molecule has 110 valence electrons. The van der Waals surface area contributed by atoms with Gasteiger partial charge in [-0.25, -0.2) is 0 Å². The monoisotopic (exact) mass is 278 g/mol. The van der Waals surface area contributed by atoms with Crippen molar-refractivity contribution >= 4 is 11.9 Å². The number of carbonyl (C=O) groups excluding carboxylic acids is 2. The van der Waals surface area contributed by atoms with Crippen molar-refractivity contribution in [3.8, 4) is 5.75 Å². The fourth-order valence-electron chi connectivity index (χ4n) is 1.63. The van der Waals surface area contributed by atoms with Gasteiger partial charge >= 0.3 is 11.9 Å². The highest BCUT2D eigenvalue weighted by Gasteiger charge is 2.08. The fraction of sp³-hybridized carbons (Fsp3) is 0.500. The van der Waals surface area contributed by atoms with Crippen LogP contribution in [-0.2, 0) is 14.3 Å². The van der Waals surface area contributed by atoms with Crippen LogP contribution in [0.5, 0.6) is 5.75 Å². The molecule has 0 aliphatic rings. The maximum atomic E-state index is 11.6. The van der Waals surface area contributed by atoms with Crippen molar-refractivity contribution in [2.75, 3.05) is 6.61 Å². The van der Waals surface area contributed by atoms with Crippen molar-refractivity contribution in [2.45, 2.75) is 46.5 Å². The Morgan fingerprint density at radius 3 is 2.40 bits per heavy atom. The van der Waals surface area contributed by atoms with Gasteiger partial charge in [-0.1, -0.05) is 13.0 Å². The third-order valence-electron chi connectivity index (χ3n) is 2.94. The molecule has 0 aliphatic carbocycles. The number of carbonyl (C=O) groups is 2. The van der Waals surface area contributed by atoms with Gasteiger partial charge in [0, 0.05) is 12.8 Å². The van der Waals surface area contributed by atoms with Gasteiger partial charge in [0.2, 0.25) is 0 Å². The van der Waals surface area contributed by atoms with E-state index >= 15 is 0 Å². The average Bonchev–Trinajstić information content (AvgIpc) is 2.40. The Bertz CT molecular complexity index is 466. The van der Waals surface area contributed by atoms with E-state index in [9.17, 15) is 9.59 Å². The van der Waals surface area contributed by atoms with E-state index in [0.717, 1.165) is 17.5 Å². The van der Waals surface area contributed by atoms with E-state index in [1.54, 1.807) is 6.07 Å². The Kier molecular flexibility index (Phi) is 6.77. The molecular weight excluding hydrogens is 256 g/mol. The molecule has 0 spiro atoms. The first-order chi connectivity index (χ1) is 9.52. The summed E-state index contributed by atoms with van der Waals surface area (Å²) >= 11 is 0. The van der Waals surface area contributed by atoms with E-state index < -0.39 is 0 Å². The molecule has 20 heavy (non-hydrogen) atoms. The summed E-state index contributed by atoms with van der Waals surface area (Å²) in [7, 11) is 0. The minimum Gasteiger partial charge on any atom is -0.466 e. The third-order valence-corrected chi connectivity index (χ3v) is 2.94. The van der Waals surface area contributed by atoms with Gasteiger partial charge in [0.05, 0.1) is 6.61 Å². The molecule has 4 heteroatoms. The maximum absolute atomic E-state index is 11.6. The first-order valence-electron chi connectivity index (χ1n) is 6.96. The van der Waals surface area contributed by atoms with Gasteiger partial charge in [0.25, 0.3) is 0 Å². The van der Waals surface area contributed by atoms with Crippen LogP contribution in [-0.4, -0.2) is 18.5 Å². The molecule has 1 aromatic rings. The molecule has 0 bridgehead atoms. The molecular formula is C16H22O4. The van der Waals surface area contributed by atoms with E-state index in [4.69, 9.17) is 9.47 Å². The summed E-state index contributed by atoms with van der Waals surface area (Å²) in [4.78, 5) is 22.9. The van der Waals surface area contributed by atoms with Crippen LogP contribution in [0.4, 0.5) is 0 Å². The minimum absolute atomic E-state index is 0.216. The van der Waals surface area contributed by atoms with Crippen molar-refractivity contribution in [1.29, 1.82) is 0 Å². The zero-order chi connectivity index (χ0) is 15.0. The number of ether oxygens (including phenoxy) is 2. The molecule has 0 fully saturated rings. The number of rotatable bonds is 7. The molecule has 0 aliphatic heterocycles. The smallest absolute Gasteiger partial charge is 0.311 e. The lowest BCUT2D eigenvalue weighted by molar-refractivity contribution is -0.144. The second-order valence-electron chi connectivity index (χ2n) is 4.79. The minimum atomic E-state index is -0.323. The number of esters is 2. The standard InChI is InChI=1S/C16H22O4/c1-4-10-19-15(17)6-5-7-16(18)20-14-9-8-12(2)13(3)11-14/h8-9,11H,4-7,10H2,1-3H3. The molecule has 0 saturated carbocycles. The molecule has 4 nitrogen and oxygen atoms in total. The zero-order valence-corrected chi connectivity index (χ0v) is 12.4. The van der Waals surface area contributed by atoms with Crippen LogP contribution >= 0.6 is 0 Å². The van der Waals surface area contributed by atoms with Gasteiger partial charge in [-0.05, 0) is 49.9 Å². The van der Waals surface area contributed by atoms with Crippen LogP contribution in [0.1, 0.15) is 43.7 Å². The maximum Gasteiger partial charge on any atom is 0.311 e. The quantitative estimate of drug-likeness (QED) is 0.567. The van der Waals surface area contributed by atoms with Crippen LogP contribution in [0.2, 0.25) is 0 Å². The van der Waals surface area contributed by atoms with E-state index in [1.807, 2.05) is 32.9 Å². The van der Waals surface area contributed by atoms with Gasteiger partial charge in [-0.15, -0.1) is 0 Å². The SMILES string of the molecule is CCCOC(=O)CCCC(=O)Oc1ccc(C)c(C)c1. The Morgan fingerprint density at radius 2 is 1.75 bits per heavy atom. The third kappa shape index (κ3) is 5.87. The summed E-state index contributed by atoms with van der Waals surface area (Å²) in [5.41, 5.74) is 2.24. The van der Waals surface area contributed by atoms with Crippen LogP contribution in [0.15, 0.2) is 18.2 Å². The second-order valence-corrected chi connectivity index (χ2v) is 4.79. The normalized spacial score (nSPS) is 10.2. The predicted octanol–water partition coefficient (Wildman–Crippen LogP) is 3.33. The Morgan fingerprint density at radius 1 is 1.05 bits per heavy atom. The van der Waals surface area contributed by atoms with E-state index in [2.05, 4.69) is 0 Å². The Labute approximate surface area is 120 Å². The molecule has 0 aromatic heterocycles. The lowest BCUT2D eigenvalue weighted by atomic mass is 10.1. The molecule has 0 radical (unpaired) electrons. The molecule has 0 atom stereocenters. The highest BCUT2D eigenvalue weighted by Crippen LogP contribution is 2.17. The average molecular weight is 278 g/mol. The van der Waals surface area contributed by atoms with Crippen molar-refractivity contribution < 1.29 is 19.1 Å². The molecule has 0 N–H and O–H groups in total. The topological polar surface area (TPSA) is 52.6 Å². The van der Waals surface area contributed by atoms with Gasteiger partial charge in [0.15, 0.2) is 0 Å². The van der Waals surface area contributed by atoms with Crippen molar-refractivity contribution in [1.82, 2.24) is 0 Å². The van der Waals surface area contributed by atoms with Gasteiger partial charge in [0.1, 0.15) is 5.75 Å².